The van der Waals surface area contributed by atoms with E-state index in [0.717, 1.165) is 12.8 Å². The Morgan fingerprint density at radius 1 is 0.931 bits per heavy atom. The molecule has 0 bridgehead atoms. The molecule has 0 fully saturated rings. The van der Waals surface area contributed by atoms with Gasteiger partial charge in [-0.05, 0) is 41.7 Å². The Kier molecular flexibility index (Phi) is 4.86. The van der Waals surface area contributed by atoms with Gasteiger partial charge in [-0.1, -0.05) is 84.9 Å². The molecule has 2 aliphatic rings. The van der Waals surface area contributed by atoms with Crippen molar-refractivity contribution in [2.24, 2.45) is 11.0 Å². The number of hydrogen-bond acceptors (Lipinski definition) is 2. The van der Waals surface area contributed by atoms with Crippen LogP contribution in [0.15, 0.2) is 90.0 Å². The van der Waals surface area contributed by atoms with Gasteiger partial charge in [-0.2, -0.15) is 5.10 Å². The number of rotatable bonds is 3. The van der Waals surface area contributed by atoms with Crippen LogP contribution in [-0.2, 0) is 13.0 Å². The van der Waals surface area contributed by atoms with Crippen LogP contribution in [0.3, 0.4) is 0 Å². The molecule has 1 aliphatic heterocycles. The van der Waals surface area contributed by atoms with Gasteiger partial charge in [0.2, 0.25) is 0 Å². The second kappa shape index (κ2) is 7.80. The summed E-state index contributed by atoms with van der Waals surface area (Å²) in [4.78, 5) is 0. The fraction of sp³-hybridized carbons (Fsp3) is 0.200. The van der Waals surface area contributed by atoms with Crippen molar-refractivity contribution in [1.29, 1.82) is 0 Å². The lowest BCUT2D eigenvalue weighted by Gasteiger charge is -2.30. The van der Waals surface area contributed by atoms with Crippen LogP contribution in [0.5, 0.6) is 0 Å². The zero-order valence-electron chi connectivity index (χ0n) is 16.2. The predicted molar refractivity (Wildman–Crippen MR) is 122 cm³/mol. The highest BCUT2D eigenvalue weighted by Crippen LogP contribution is 2.43. The molecule has 3 aromatic rings. The van der Waals surface area contributed by atoms with Crippen LogP contribution in [-0.4, -0.2) is 15.8 Å². The van der Waals surface area contributed by atoms with E-state index >= 15 is 0 Å². The molecule has 0 spiro atoms. The van der Waals surface area contributed by atoms with E-state index in [2.05, 4.69) is 84.2 Å². The average molecular weight is 398 g/mol. The molecule has 0 amide bonds. The minimum Gasteiger partial charge on any atom is -0.357 e. The number of aryl methyl sites for hydroxylation is 1. The summed E-state index contributed by atoms with van der Waals surface area (Å²) in [7, 11) is 0. The molecule has 0 unspecified atom stereocenters. The predicted octanol–water partition coefficient (Wildman–Crippen LogP) is 5.08. The molecule has 1 aliphatic carbocycles. The van der Waals surface area contributed by atoms with E-state index in [-0.39, 0.29) is 6.04 Å². The summed E-state index contributed by atoms with van der Waals surface area (Å²) in [6.07, 6.45) is 2.18. The number of thiocarbonyl (C=S) groups is 1. The van der Waals surface area contributed by atoms with E-state index in [4.69, 9.17) is 17.3 Å². The van der Waals surface area contributed by atoms with Crippen molar-refractivity contribution < 1.29 is 0 Å². The van der Waals surface area contributed by atoms with Crippen molar-refractivity contribution >= 4 is 23.0 Å². The Hall–Kier alpha value is -2.98. The summed E-state index contributed by atoms with van der Waals surface area (Å²) >= 11 is 5.82. The van der Waals surface area contributed by atoms with Crippen LogP contribution in [0.1, 0.15) is 34.7 Å². The first-order chi connectivity index (χ1) is 14.3. The summed E-state index contributed by atoms with van der Waals surface area (Å²) in [5.74, 6) is 0.351. The lowest BCUT2D eigenvalue weighted by molar-refractivity contribution is 0.303. The first-order valence-corrected chi connectivity index (χ1v) is 10.5. The molecule has 144 valence electrons. The van der Waals surface area contributed by atoms with Gasteiger partial charge in [0.25, 0.3) is 0 Å². The zero-order valence-corrected chi connectivity index (χ0v) is 17.0. The molecule has 29 heavy (non-hydrogen) atoms. The first-order valence-electron chi connectivity index (χ1n) is 10.1. The minimum absolute atomic E-state index is 0.135. The van der Waals surface area contributed by atoms with E-state index in [1.807, 2.05) is 11.1 Å². The molecular formula is C25H23N3S. The number of fused-ring (bicyclic) bond motifs is 3. The van der Waals surface area contributed by atoms with Crippen LogP contribution < -0.4 is 5.32 Å². The third-order valence-corrected chi connectivity index (χ3v) is 6.20. The van der Waals surface area contributed by atoms with Crippen LogP contribution >= 0.6 is 12.2 Å². The average Bonchev–Trinajstić information content (AvgIpc) is 3.19. The lowest BCUT2D eigenvalue weighted by atomic mass is 9.77. The molecule has 1 N–H and O–H groups in total. The third-order valence-electron chi connectivity index (χ3n) is 5.87. The molecule has 0 saturated carbocycles. The number of benzene rings is 3. The molecule has 0 aromatic heterocycles. The van der Waals surface area contributed by atoms with Crippen LogP contribution in [0, 0.1) is 5.92 Å². The smallest absolute Gasteiger partial charge is 0.190 e. The fourth-order valence-corrected chi connectivity index (χ4v) is 4.70. The van der Waals surface area contributed by atoms with Crippen molar-refractivity contribution in [3.8, 4) is 0 Å². The zero-order chi connectivity index (χ0) is 19.6. The van der Waals surface area contributed by atoms with E-state index in [1.165, 1.54) is 28.0 Å². The lowest BCUT2D eigenvalue weighted by Crippen LogP contribution is -2.38. The normalized spacial score (nSPS) is 19.9. The molecule has 3 aromatic carbocycles. The highest BCUT2D eigenvalue weighted by Gasteiger charge is 2.42. The molecule has 2 atom stereocenters. The molecule has 0 saturated heterocycles. The summed E-state index contributed by atoms with van der Waals surface area (Å²) in [6, 6.07) is 29.8. The maximum Gasteiger partial charge on any atom is 0.190 e. The standard InChI is InChI=1S/C25H23N3S/c29-25(26-17-18-9-3-1-4-10-18)28-24(20-12-5-2-6-13-20)22-16-15-19-11-7-8-14-21(19)23(22)27-28/h1-14,22,24H,15-17H2,(H,26,29)/t22-,24-/m1/s1. The van der Waals surface area contributed by atoms with E-state index in [0.29, 0.717) is 17.6 Å². The van der Waals surface area contributed by atoms with Crippen molar-refractivity contribution in [1.82, 2.24) is 10.3 Å². The van der Waals surface area contributed by atoms with Gasteiger partial charge >= 0.3 is 0 Å². The molecule has 3 nitrogen and oxygen atoms in total. The number of nitrogens with one attached hydrogen (secondary N) is 1. The quantitative estimate of drug-likeness (QED) is 0.624. The molecule has 5 rings (SSSR count). The van der Waals surface area contributed by atoms with Crippen molar-refractivity contribution in [2.75, 3.05) is 0 Å². The fourth-order valence-electron chi connectivity index (χ4n) is 4.47. The Morgan fingerprint density at radius 3 is 2.41 bits per heavy atom. The third kappa shape index (κ3) is 3.45. The summed E-state index contributed by atoms with van der Waals surface area (Å²) in [6.45, 7) is 0.698. The van der Waals surface area contributed by atoms with Gasteiger partial charge in [0, 0.05) is 18.0 Å². The van der Waals surface area contributed by atoms with Crippen molar-refractivity contribution in [2.45, 2.75) is 25.4 Å². The first kappa shape index (κ1) is 18.1. The van der Waals surface area contributed by atoms with Gasteiger partial charge < -0.3 is 5.32 Å². The molecule has 4 heteroatoms. The van der Waals surface area contributed by atoms with Crippen LogP contribution in [0.4, 0.5) is 0 Å². The monoisotopic (exact) mass is 397 g/mol. The van der Waals surface area contributed by atoms with E-state index < -0.39 is 0 Å². The Labute approximate surface area is 177 Å². The van der Waals surface area contributed by atoms with Gasteiger partial charge in [0.15, 0.2) is 5.11 Å². The summed E-state index contributed by atoms with van der Waals surface area (Å²) < 4.78 is 0. The van der Waals surface area contributed by atoms with Crippen LogP contribution in [0.2, 0.25) is 0 Å². The molecular weight excluding hydrogens is 374 g/mol. The molecule has 0 radical (unpaired) electrons. The number of nitrogens with zero attached hydrogens (tertiary/aromatic N) is 2. The van der Waals surface area contributed by atoms with Gasteiger partial charge in [-0.15, -0.1) is 0 Å². The number of hydrogen-bond donors (Lipinski definition) is 1. The van der Waals surface area contributed by atoms with Crippen molar-refractivity contribution in [3.63, 3.8) is 0 Å². The minimum atomic E-state index is 0.135. The topological polar surface area (TPSA) is 27.6 Å². The van der Waals surface area contributed by atoms with E-state index in [9.17, 15) is 0 Å². The SMILES string of the molecule is S=C(NCc1ccccc1)N1N=C2c3ccccc3CC[C@H]2[C@H]1c1ccccc1. The maximum atomic E-state index is 5.82. The van der Waals surface area contributed by atoms with Gasteiger partial charge in [-0.3, -0.25) is 0 Å². The largest absolute Gasteiger partial charge is 0.357 e. The Balaban J connectivity index is 1.47. The molecule has 1 heterocycles. The summed E-state index contributed by atoms with van der Waals surface area (Å²) in [5.41, 5.74) is 6.31. The van der Waals surface area contributed by atoms with Crippen LogP contribution in [0.25, 0.3) is 0 Å². The van der Waals surface area contributed by atoms with E-state index in [1.54, 1.807) is 0 Å². The maximum absolute atomic E-state index is 5.82. The van der Waals surface area contributed by atoms with Gasteiger partial charge in [0.1, 0.15) is 0 Å². The second-order valence-electron chi connectivity index (χ2n) is 7.63. The Morgan fingerprint density at radius 2 is 1.62 bits per heavy atom. The second-order valence-corrected chi connectivity index (χ2v) is 8.02. The van der Waals surface area contributed by atoms with Gasteiger partial charge in [0.05, 0.1) is 11.8 Å². The van der Waals surface area contributed by atoms with Crippen molar-refractivity contribution in [3.05, 3.63) is 107 Å². The highest BCUT2D eigenvalue weighted by atomic mass is 32.1. The number of hydrazone groups is 1. The summed E-state index contributed by atoms with van der Waals surface area (Å²) in [5, 5.41) is 11.2. The highest BCUT2D eigenvalue weighted by molar-refractivity contribution is 7.80. The van der Waals surface area contributed by atoms with Gasteiger partial charge in [-0.25, -0.2) is 5.01 Å². The Bertz CT molecular complexity index is 1050.